The highest BCUT2D eigenvalue weighted by Crippen LogP contribution is 2.27. The van der Waals surface area contributed by atoms with E-state index in [1.165, 1.54) is 0 Å². The molecule has 0 radical (unpaired) electrons. The van der Waals surface area contributed by atoms with Crippen LogP contribution in [-0.2, 0) is 28.8 Å². The monoisotopic (exact) mass is 654 g/mol. The highest BCUT2D eigenvalue weighted by Gasteiger charge is 2.39. The molecule has 6 amide bonds. The third kappa shape index (κ3) is 12.5. The van der Waals surface area contributed by atoms with E-state index in [1.54, 1.807) is 27.7 Å². The van der Waals surface area contributed by atoms with Crippen LogP contribution in [0.2, 0.25) is 0 Å². The van der Waals surface area contributed by atoms with Crippen molar-refractivity contribution >= 4 is 53.0 Å². The summed E-state index contributed by atoms with van der Waals surface area (Å²) in [5, 5.41) is 16.3. The predicted molar refractivity (Wildman–Crippen MR) is 171 cm³/mol. The maximum Gasteiger partial charge on any atom is 0.246 e. The molecule has 0 bridgehead atoms. The first kappa shape index (κ1) is 37.8. The topological polar surface area (TPSA) is 213 Å². The van der Waals surface area contributed by atoms with Crippen molar-refractivity contribution in [3.8, 4) is 0 Å². The first-order chi connectivity index (χ1) is 21.3. The second kappa shape index (κ2) is 18.5. The van der Waals surface area contributed by atoms with Gasteiger partial charge in [0.25, 0.3) is 0 Å². The van der Waals surface area contributed by atoms with Crippen molar-refractivity contribution in [2.24, 2.45) is 22.6 Å². The Labute approximate surface area is 270 Å². The van der Waals surface area contributed by atoms with Crippen molar-refractivity contribution < 1.29 is 28.8 Å². The van der Waals surface area contributed by atoms with E-state index < -0.39 is 53.2 Å². The van der Waals surface area contributed by atoms with Crippen LogP contribution in [0.4, 0.5) is 0 Å². The van der Waals surface area contributed by atoms with Gasteiger partial charge in [0.2, 0.25) is 35.4 Å². The molecule has 0 spiro atoms. The summed E-state index contributed by atoms with van der Waals surface area (Å²) in [6.45, 7) is 6.86. The molecule has 14 nitrogen and oxygen atoms in total. The molecule has 1 saturated heterocycles. The van der Waals surface area contributed by atoms with Crippen LogP contribution in [0.15, 0.2) is 4.99 Å². The number of carbonyl (C=O) groups excluding carboxylic acids is 6. The summed E-state index contributed by atoms with van der Waals surface area (Å²) < 4.78 is 0. The fraction of sp³-hybridized carbons (Fsp3) is 0.767. The molecular formula is C30H51ClN8O6. The van der Waals surface area contributed by atoms with Crippen molar-refractivity contribution in [1.29, 1.82) is 0 Å². The van der Waals surface area contributed by atoms with Crippen molar-refractivity contribution in [2.45, 2.75) is 116 Å². The highest BCUT2D eigenvalue weighted by atomic mass is 35.5. The Morgan fingerprint density at radius 3 is 2.27 bits per heavy atom. The van der Waals surface area contributed by atoms with Crippen LogP contribution >= 0.6 is 11.6 Å². The minimum absolute atomic E-state index is 0.0418. The smallest absolute Gasteiger partial charge is 0.246 e. The van der Waals surface area contributed by atoms with Crippen LogP contribution in [0.1, 0.15) is 91.9 Å². The summed E-state index contributed by atoms with van der Waals surface area (Å²) in [5.41, 5.74) is 4.24. The van der Waals surface area contributed by atoms with Gasteiger partial charge in [-0.1, -0.05) is 52.9 Å². The molecule has 1 heterocycles. The lowest BCUT2D eigenvalue weighted by molar-refractivity contribution is -0.138. The van der Waals surface area contributed by atoms with E-state index in [9.17, 15) is 28.8 Å². The van der Waals surface area contributed by atoms with Crippen LogP contribution < -0.4 is 37.6 Å². The highest BCUT2D eigenvalue weighted by molar-refractivity contribution is 6.28. The first-order valence-corrected chi connectivity index (χ1v) is 16.5. The van der Waals surface area contributed by atoms with Gasteiger partial charge < -0.3 is 32.3 Å². The third-order valence-corrected chi connectivity index (χ3v) is 8.50. The maximum absolute atomic E-state index is 13.7. The molecule has 15 heteroatoms. The number of nitrogens with zero attached hydrogens (tertiary/aromatic N) is 1. The fourth-order valence-electron chi connectivity index (χ4n) is 5.39. The number of guanidine groups is 1. The molecule has 1 saturated carbocycles. The number of alkyl halides is 1. The van der Waals surface area contributed by atoms with Gasteiger partial charge in [0, 0.05) is 19.0 Å². The van der Waals surface area contributed by atoms with E-state index in [0.29, 0.717) is 6.42 Å². The molecule has 2 fully saturated rings. The van der Waals surface area contributed by atoms with Crippen molar-refractivity contribution in [3.05, 3.63) is 0 Å². The minimum atomic E-state index is -1.46. The lowest BCUT2D eigenvalue weighted by Gasteiger charge is -2.34. The number of nitrogens with two attached hydrogens (primary N) is 1. The quantitative estimate of drug-likeness (QED) is 0.0758. The van der Waals surface area contributed by atoms with Gasteiger partial charge in [0.05, 0.1) is 0 Å². The summed E-state index contributed by atoms with van der Waals surface area (Å²) in [6.07, 6.45) is 6.42. The van der Waals surface area contributed by atoms with Gasteiger partial charge in [-0.2, -0.15) is 0 Å². The Morgan fingerprint density at radius 2 is 1.64 bits per heavy atom. The Balaban J connectivity index is 2.34. The van der Waals surface area contributed by atoms with Crippen molar-refractivity contribution in [3.63, 3.8) is 0 Å². The molecule has 254 valence electrons. The fourth-order valence-corrected chi connectivity index (χ4v) is 5.46. The number of aliphatic imine (C=N–C) groups is 1. The van der Waals surface area contributed by atoms with Gasteiger partial charge >= 0.3 is 0 Å². The standard InChI is InChI=1S/C30H51ClN8O6/c1-5-20-26(43)36-22(16-19-10-7-6-8-11-19)25(42)33-15-13-30(4,39-24(41)18(2)3)28(45)37-21(27(44)35-20)12-9-14-34-29(32)38-23(40)17-31/h18-22H,5-17H2,1-4H3,(H,33,42)(H,35,44)(H,36,43)(H,37,45)(H,39,41)(H3,32,34,38,40)/t20-,21-,22+,30+/m0/s1. The summed E-state index contributed by atoms with van der Waals surface area (Å²) in [6, 6.07) is -2.84. The van der Waals surface area contributed by atoms with Crippen molar-refractivity contribution in [1.82, 2.24) is 31.9 Å². The second-order valence-corrected chi connectivity index (χ2v) is 12.7. The van der Waals surface area contributed by atoms with Crippen LogP contribution in [0.3, 0.4) is 0 Å². The van der Waals surface area contributed by atoms with E-state index in [-0.39, 0.29) is 68.3 Å². The number of rotatable bonds is 10. The molecule has 2 rings (SSSR count). The Kier molecular flexibility index (Phi) is 15.5. The Hall–Kier alpha value is -3.42. The minimum Gasteiger partial charge on any atom is -0.370 e. The summed E-state index contributed by atoms with van der Waals surface area (Å²) in [7, 11) is 0. The predicted octanol–water partition coefficient (Wildman–Crippen LogP) is 0.322. The normalized spacial score (nSPS) is 26.2. The molecule has 1 aliphatic carbocycles. The number of hydrogen-bond acceptors (Lipinski definition) is 7. The summed E-state index contributed by atoms with van der Waals surface area (Å²) >= 11 is 5.47. The van der Waals surface area contributed by atoms with E-state index in [0.717, 1.165) is 32.1 Å². The van der Waals surface area contributed by atoms with Crippen LogP contribution in [0.25, 0.3) is 0 Å². The summed E-state index contributed by atoms with van der Waals surface area (Å²) in [5.74, 6) is -3.48. The number of carbonyl (C=O) groups is 6. The second-order valence-electron chi connectivity index (χ2n) is 12.4. The zero-order valence-electron chi connectivity index (χ0n) is 26.9. The van der Waals surface area contributed by atoms with E-state index in [2.05, 4.69) is 36.9 Å². The zero-order chi connectivity index (χ0) is 33.6. The molecule has 2 aliphatic rings. The molecule has 1 aliphatic heterocycles. The van der Waals surface area contributed by atoms with Crippen LogP contribution in [0, 0.1) is 11.8 Å². The van der Waals surface area contributed by atoms with E-state index in [4.69, 9.17) is 17.3 Å². The molecule has 45 heavy (non-hydrogen) atoms. The zero-order valence-corrected chi connectivity index (χ0v) is 27.7. The Morgan fingerprint density at radius 1 is 1.00 bits per heavy atom. The van der Waals surface area contributed by atoms with Gasteiger partial charge in [-0.15, -0.1) is 11.6 Å². The van der Waals surface area contributed by atoms with E-state index in [1.807, 2.05) is 0 Å². The van der Waals surface area contributed by atoms with Gasteiger partial charge in [0.15, 0.2) is 5.96 Å². The Bertz CT molecular complexity index is 1100. The first-order valence-electron chi connectivity index (χ1n) is 16.0. The molecule has 0 aromatic rings. The number of hydrogen-bond donors (Lipinski definition) is 7. The van der Waals surface area contributed by atoms with Gasteiger partial charge in [-0.25, -0.2) is 0 Å². The lowest BCUT2D eigenvalue weighted by Crippen LogP contribution is -2.63. The number of nitrogens with one attached hydrogen (secondary N) is 6. The molecule has 0 aromatic heterocycles. The lowest BCUT2D eigenvalue weighted by atomic mass is 9.84. The molecule has 4 atom stereocenters. The third-order valence-electron chi connectivity index (χ3n) is 8.26. The molecule has 0 unspecified atom stereocenters. The van der Waals surface area contributed by atoms with Crippen LogP contribution in [0.5, 0.6) is 0 Å². The summed E-state index contributed by atoms with van der Waals surface area (Å²) in [4.78, 5) is 82.2. The van der Waals surface area contributed by atoms with E-state index >= 15 is 0 Å². The van der Waals surface area contributed by atoms with Gasteiger partial charge in [0.1, 0.15) is 29.5 Å². The van der Waals surface area contributed by atoms with Gasteiger partial charge in [-0.05, 0) is 44.9 Å². The molecule has 8 N–H and O–H groups in total. The number of halogens is 1. The van der Waals surface area contributed by atoms with Crippen molar-refractivity contribution in [2.75, 3.05) is 19.0 Å². The maximum atomic E-state index is 13.7. The average Bonchev–Trinajstić information content (AvgIpc) is 3.00. The SMILES string of the molecule is CC[C@@H]1NC(=O)[C@H](CCCN=C(N)NC(=O)CCl)NC(=O)[C@](C)(NC(=O)C(C)C)CCNC(=O)[C@@H](CC2CCCCC2)NC1=O. The van der Waals surface area contributed by atoms with Gasteiger partial charge in [-0.3, -0.25) is 39.1 Å². The van der Waals surface area contributed by atoms with Crippen LogP contribution in [-0.4, -0.2) is 84.0 Å². The largest absolute Gasteiger partial charge is 0.370 e. The molecular weight excluding hydrogens is 604 g/mol. The molecule has 0 aromatic carbocycles. The average molecular weight is 655 g/mol. The number of amides is 6.